The maximum atomic E-state index is 13.6. The van der Waals surface area contributed by atoms with E-state index in [0.717, 1.165) is 25.0 Å². The van der Waals surface area contributed by atoms with Gasteiger partial charge >= 0.3 is 5.78 Å². The molecule has 2 N–H and O–H groups in total. The Labute approximate surface area is 155 Å². The number of ketones is 1. The molecule has 1 aromatic carbocycles. The van der Waals surface area contributed by atoms with Gasteiger partial charge in [0.15, 0.2) is 0 Å². The summed E-state index contributed by atoms with van der Waals surface area (Å²) in [7, 11) is 0. The molecule has 24 heavy (non-hydrogen) atoms. The average molecular weight is 516 g/mol. The van der Waals surface area contributed by atoms with Gasteiger partial charge in [0.05, 0.1) is 18.8 Å². The second kappa shape index (κ2) is 9.80. The Morgan fingerprint density at radius 1 is 1.38 bits per heavy atom. The van der Waals surface area contributed by atoms with Crippen molar-refractivity contribution in [1.29, 1.82) is 0 Å². The van der Waals surface area contributed by atoms with Gasteiger partial charge in [-0.05, 0) is 30.9 Å². The van der Waals surface area contributed by atoms with Crippen LogP contribution >= 0.6 is 0 Å². The molecule has 0 bridgehead atoms. The molecule has 1 aliphatic heterocycles. The Hall–Kier alpha value is -1.39. The largest absolute Gasteiger partial charge is 0.512 e. The molecule has 0 aliphatic carbocycles. The number of allylic oxidation sites excluding steroid dienone is 2. The van der Waals surface area contributed by atoms with Crippen LogP contribution in [-0.4, -0.2) is 27.9 Å². The van der Waals surface area contributed by atoms with Gasteiger partial charge in [-0.15, -0.1) is 12.1 Å². The molecule has 1 heterocycles. The summed E-state index contributed by atoms with van der Waals surface area (Å²) >= 11 is 0. The summed E-state index contributed by atoms with van der Waals surface area (Å²) in [5, 5.41) is 8.40. The number of hydrogen-bond acceptors (Lipinski definition) is 2. The van der Waals surface area contributed by atoms with Gasteiger partial charge in [0.25, 0.3) is 0 Å². The van der Waals surface area contributed by atoms with Gasteiger partial charge in [-0.2, -0.15) is 0 Å². The van der Waals surface area contributed by atoms with E-state index in [1.54, 1.807) is 0 Å². The maximum absolute atomic E-state index is 13.6. The molecule has 2 rings (SSSR count). The Balaban J connectivity index is 0.000000570. The predicted octanol–water partition coefficient (Wildman–Crippen LogP) is 4.38. The Bertz CT molecular complexity index is 636. The van der Waals surface area contributed by atoms with Crippen LogP contribution in [0.25, 0.3) is 0 Å². The van der Waals surface area contributed by atoms with E-state index in [4.69, 9.17) is 9.90 Å². The second-order valence-electron chi connectivity index (χ2n) is 6.19. The van der Waals surface area contributed by atoms with Gasteiger partial charge in [-0.25, -0.2) is 0 Å². The first kappa shape index (κ1) is 22.6. The molecule has 0 aromatic heterocycles. The van der Waals surface area contributed by atoms with Crippen molar-refractivity contribution >= 4 is 11.5 Å². The number of hydrogen-bond donors (Lipinski definition) is 1. The van der Waals surface area contributed by atoms with E-state index in [0.29, 0.717) is 17.8 Å². The van der Waals surface area contributed by atoms with Crippen molar-refractivity contribution in [1.82, 2.24) is 0 Å². The van der Waals surface area contributed by atoms with E-state index in [1.807, 2.05) is 13.8 Å². The summed E-state index contributed by atoms with van der Waals surface area (Å²) in [5.74, 6) is -0.927. The van der Waals surface area contributed by atoms with Crippen LogP contribution < -0.4 is 0 Å². The van der Waals surface area contributed by atoms with Crippen LogP contribution in [0, 0.1) is 23.1 Å². The molecule has 0 saturated carbocycles. The summed E-state index contributed by atoms with van der Waals surface area (Å²) in [5.41, 5.74) is 0.857. The minimum absolute atomic E-state index is 0. The third-order valence-electron chi connectivity index (χ3n) is 3.38. The van der Waals surface area contributed by atoms with Crippen LogP contribution in [0.4, 0.5) is 8.78 Å². The van der Waals surface area contributed by atoms with Crippen LogP contribution in [0.15, 0.2) is 29.0 Å². The number of rotatable bonds is 2. The van der Waals surface area contributed by atoms with Crippen LogP contribution in [0.5, 0.6) is 0 Å². The van der Waals surface area contributed by atoms with Crippen molar-refractivity contribution in [3.8, 4) is 0 Å². The number of carbonyl (C=O) groups excluding carboxylic acids is 1. The number of halogens is 2. The summed E-state index contributed by atoms with van der Waals surface area (Å²) < 4.78 is 26.4. The van der Waals surface area contributed by atoms with Crippen LogP contribution in [0.1, 0.15) is 46.1 Å². The number of aliphatic hydroxyl groups is 1. The molecule has 0 atom stereocenters. The zero-order valence-corrected chi connectivity index (χ0v) is 16.7. The summed E-state index contributed by atoms with van der Waals surface area (Å²) in [6.07, 6.45) is 3.26. The first-order valence-electron chi connectivity index (χ1n) is 7.45. The fourth-order valence-corrected chi connectivity index (χ4v) is 2.39. The Morgan fingerprint density at radius 2 is 2.00 bits per heavy atom. The van der Waals surface area contributed by atoms with E-state index in [9.17, 15) is 8.78 Å². The van der Waals surface area contributed by atoms with E-state index >= 15 is 0 Å². The van der Waals surface area contributed by atoms with Crippen LogP contribution in [0.3, 0.4) is 0 Å². The minimum Gasteiger partial charge on any atom is -0.512 e. The van der Waals surface area contributed by atoms with Crippen LogP contribution in [0.2, 0.25) is 0 Å². The molecule has 135 valence electrons. The van der Waals surface area contributed by atoms with Crippen molar-refractivity contribution in [3.63, 3.8) is 0 Å². The van der Waals surface area contributed by atoms with Gasteiger partial charge in [-0.1, -0.05) is 25.5 Å². The molecule has 0 fully saturated rings. The summed E-state index contributed by atoms with van der Waals surface area (Å²) in [6, 6.07) is 4.70. The molecule has 3 nitrogen and oxygen atoms in total. The Morgan fingerprint density at radius 3 is 2.42 bits per heavy atom. The number of benzene rings is 1. The first-order valence-corrected chi connectivity index (χ1v) is 7.45. The van der Waals surface area contributed by atoms with E-state index in [2.05, 4.69) is 11.1 Å². The number of aliphatic hydroxyl groups excluding tert-OH is 1. The van der Waals surface area contributed by atoms with Crippen molar-refractivity contribution in [2.75, 3.05) is 6.54 Å². The van der Waals surface area contributed by atoms with Crippen molar-refractivity contribution in [3.05, 3.63) is 47.2 Å². The molecular formula is C18H23F2IrNO2. The fraction of sp³-hybridized carbons (Fsp3) is 0.444. The van der Waals surface area contributed by atoms with Gasteiger partial charge in [-0.3, -0.25) is 13.6 Å². The fourth-order valence-electron chi connectivity index (χ4n) is 2.39. The van der Waals surface area contributed by atoms with Gasteiger partial charge < -0.3 is 10.1 Å². The number of nitrogens with zero attached hydrogens (tertiary/aromatic N) is 1. The standard InChI is InChI=1S/C13H14F2N.C5H8O2.Ir/c1-13(2)6-3-7-16-12(13)10-5-4-9(14)8-11(10)15;1-4(6)3-5(2)7;/h4,8H,3,6-7H2,1-2H3;3,6H,1-2H3;/q-1;;/p+1/b;4-3-;. The average Bonchev–Trinajstić information content (AvgIpc) is 2.38. The molecular weight excluding hydrogens is 492 g/mol. The molecule has 1 aliphatic rings. The van der Waals surface area contributed by atoms with E-state index in [1.165, 1.54) is 19.9 Å². The summed E-state index contributed by atoms with van der Waals surface area (Å²) in [4.78, 5) is 12.8. The topological polar surface area (TPSA) is 54.0 Å². The zero-order chi connectivity index (χ0) is 17.6. The van der Waals surface area contributed by atoms with Crippen LogP contribution in [-0.2, 0) is 20.1 Å². The zero-order valence-electron chi connectivity index (χ0n) is 14.3. The van der Waals surface area contributed by atoms with E-state index < -0.39 is 11.6 Å². The van der Waals surface area contributed by atoms with Crippen molar-refractivity contribution in [2.45, 2.75) is 40.5 Å². The molecule has 0 unspecified atom stereocenters. The molecule has 6 heteroatoms. The second-order valence-corrected chi connectivity index (χ2v) is 6.19. The van der Waals surface area contributed by atoms with E-state index in [-0.39, 0.29) is 37.1 Å². The predicted molar refractivity (Wildman–Crippen MR) is 88.6 cm³/mol. The third kappa shape index (κ3) is 7.02. The normalized spacial score (nSPS) is 16.2. The van der Waals surface area contributed by atoms with Gasteiger partial charge in [0.1, 0.15) is 0 Å². The molecule has 0 spiro atoms. The quantitative estimate of drug-likeness (QED) is 0.270. The minimum atomic E-state index is -0.601. The first-order chi connectivity index (χ1) is 10.6. The molecule has 1 aromatic rings. The molecule has 0 amide bonds. The van der Waals surface area contributed by atoms with Crippen molar-refractivity contribution in [2.24, 2.45) is 10.4 Å². The van der Waals surface area contributed by atoms with Gasteiger partial charge in [0, 0.05) is 38.3 Å². The summed E-state index contributed by atoms with van der Waals surface area (Å²) in [6.45, 7) is 7.77. The number of aliphatic imine (C=N–C) groups is 1. The van der Waals surface area contributed by atoms with Gasteiger partial charge in [0.2, 0.25) is 0 Å². The Kier molecular flexibility index (Phi) is 9.23. The smallest absolute Gasteiger partial charge is 0.316 e. The molecule has 1 radical (unpaired) electrons. The maximum Gasteiger partial charge on any atom is 0.316 e. The monoisotopic (exact) mass is 516 g/mol. The van der Waals surface area contributed by atoms with Crippen molar-refractivity contribution < 1.29 is 38.8 Å². The SMILES string of the molecule is CC(=[OH+])/C=C(/C)O.CC1(C)CCCN=C1c1[c-]cc(F)cc1F.[Ir]. The third-order valence-corrected chi connectivity index (χ3v) is 3.38. The molecule has 0 saturated heterocycles.